The molecule has 0 atom stereocenters. The summed E-state index contributed by atoms with van der Waals surface area (Å²) >= 11 is 0. The second kappa shape index (κ2) is 3.37. The molecule has 4 aliphatic carbocycles. The van der Waals surface area contributed by atoms with Gasteiger partial charge in [0, 0.05) is 11.5 Å². The van der Waals surface area contributed by atoms with Crippen LogP contribution in [-0.4, -0.2) is 16.2 Å². The van der Waals surface area contributed by atoms with Crippen LogP contribution in [0.25, 0.3) is 0 Å². The quantitative estimate of drug-likeness (QED) is 0.872. The molecule has 0 saturated heterocycles. The Balaban J connectivity index is 1.72. The first-order valence-electron chi connectivity index (χ1n) is 6.85. The fourth-order valence-corrected chi connectivity index (χ4v) is 5.04. The monoisotopic (exact) mass is 247 g/mol. The van der Waals surface area contributed by atoms with E-state index >= 15 is 0 Å². The lowest BCUT2D eigenvalue weighted by molar-refractivity contribution is -0.0175. The molecule has 0 unspecified atom stereocenters. The molecule has 0 aliphatic heterocycles. The molecule has 1 heterocycles. The van der Waals surface area contributed by atoms with Gasteiger partial charge in [-0.1, -0.05) is 5.16 Å². The van der Waals surface area contributed by atoms with Gasteiger partial charge in [-0.25, -0.2) is 4.79 Å². The first-order chi connectivity index (χ1) is 8.64. The summed E-state index contributed by atoms with van der Waals surface area (Å²) in [5, 5.41) is 12.7. The Kier molecular flexibility index (Phi) is 1.98. The van der Waals surface area contributed by atoms with E-state index in [0.717, 1.165) is 23.5 Å². The molecule has 0 spiro atoms. The zero-order valence-electron chi connectivity index (χ0n) is 10.3. The van der Waals surface area contributed by atoms with Crippen molar-refractivity contribution in [2.75, 3.05) is 0 Å². The van der Waals surface area contributed by atoms with Crippen molar-refractivity contribution in [1.82, 2.24) is 5.16 Å². The highest BCUT2D eigenvalue weighted by atomic mass is 16.5. The number of rotatable bonds is 2. The highest BCUT2D eigenvalue weighted by molar-refractivity contribution is 5.85. The first-order valence-corrected chi connectivity index (χ1v) is 6.85. The van der Waals surface area contributed by atoms with Gasteiger partial charge in [-0.3, -0.25) is 0 Å². The van der Waals surface area contributed by atoms with E-state index in [4.69, 9.17) is 9.63 Å². The van der Waals surface area contributed by atoms with E-state index in [1.165, 1.54) is 38.5 Å². The summed E-state index contributed by atoms with van der Waals surface area (Å²) in [6.07, 6.45) is 7.64. The Morgan fingerprint density at radius 3 is 2.22 bits per heavy atom. The van der Waals surface area contributed by atoms with Gasteiger partial charge < -0.3 is 9.63 Å². The molecule has 1 aromatic heterocycles. The summed E-state index contributed by atoms with van der Waals surface area (Å²) in [6, 6.07) is 1.66. The third kappa shape index (κ3) is 1.38. The van der Waals surface area contributed by atoms with Crippen LogP contribution in [0, 0.1) is 17.8 Å². The van der Waals surface area contributed by atoms with Crippen LogP contribution in [0.5, 0.6) is 0 Å². The Bertz CT molecular complexity index is 470. The average Bonchev–Trinajstić information content (AvgIpc) is 2.76. The van der Waals surface area contributed by atoms with Gasteiger partial charge in [-0.05, 0) is 56.3 Å². The Hall–Kier alpha value is -1.32. The van der Waals surface area contributed by atoms with Gasteiger partial charge in [0.25, 0.3) is 0 Å². The molecule has 4 heteroatoms. The number of carbonyl (C=O) groups is 1. The maximum absolute atomic E-state index is 10.9. The summed E-state index contributed by atoms with van der Waals surface area (Å²) in [4.78, 5) is 10.9. The van der Waals surface area contributed by atoms with Crippen molar-refractivity contribution in [3.8, 4) is 0 Å². The van der Waals surface area contributed by atoms with Gasteiger partial charge in [-0.15, -0.1) is 0 Å². The van der Waals surface area contributed by atoms with Crippen molar-refractivity contribution in [2.24, 2.45) is 17.8 Å². The molecule has 5 rings (SSSR count). The largest absolute Gasteiger partial charge is 0.476 e. The van der Waals surface area contributed by atoms with Crippen LogP contribution in [0.3, 0.4) is 0 Å². The molecule has 1 aromatic rings. The number of carboxylic acids is 1. The number of hydrogen-bond acceptors (Lipinski definition) is 3. The molecule has 0 radical (unpaired) electrons. The summed E-state index contributed by atoms with van der Waals surface area (Å²) in [5.41, 5.74) is 0.163. The predicted molar refractivity (Wildman–Crippen MR) is 63.3 cm³/mol. The Morgan fingerprint density at radius 1 is 1.22 bits per heavy atom. The lowest BCUT2D eigenvalue weighted by Crippen LogP contribution is -2.48. The topological polar surface area (TPSA) is 63.3 Å². The van der Waals surface area contributed by atoms with Crippen molar-refractivity contribution in [2.45, 2.75) is 43.9 Å². The van der Waals surface area contributed by atoms with Crippen LogP contribution in [-0.2, 0) is 5.41 Å². The molecule has 4 aliphatic rings. The molecular weight excluding hydrogens is 230 g/mol. The SMILES string of the molecule is O=C(O)c1cc(C23CC4CC(CC(C4)C2)C3)on1. The molecular formula is C14H17NO3. The normalized spacial score (nSPS) is 41.2. The van der Waals surface area contributed by atoms with E-state index in [0.29, 0.717) is 0 Å². The van der Waals surface area contributed by atoms with E-state index in [9.17, 15) is 4.79 Å². The minimum absolute atomic E-state index is 0.0562. The van der Waals surface area contributed by atoms with Crippen molar-refractivity contribution in [1.29, 1.82) is 0 Å². The van der Waals surface area contributed by atoms with Gasteiger partial charge in [0.05, 0.1) is 0 Å². The highest BCUT2D eigenvalue weighted by Gasteiger charge is 2.53. The smallest absolute Gasteiger partial charge is 0.358 e. The summed E-state index contributed by atoms with van der Waals surface area (Å²) in [7, 11) is 0. The van der Waals surface area contributed by atoms with Crippen molar-refractivity contribution < 1.29 is 14.4 Å². The standard InChI is InChI=1S/C14H17NO3/c16-13(17)11-4-12(18-15-11)14-5-8-1-9(6-14)3-10(2-8)7-14/h4,8-10H,1-3,5-7H2,(H,16,17). The van der Waals surface area contributed by atoms with Gasteiger partial charge in [0.2, 0.25) is 0 Å². The average molecular weight is 247 g/mol. The molecule has 0 amide bonds. The van der Waals surface area contributed by atoms with Crippen molar-refractivity contribution in [3.63, 3.8) is 0 Å². The molecule has 1 N–H and O–H groups in total. The highest BCUT2D eigenvalue weighted by Crippen LogP contribution is 2.60. The fraction of sp³-hybridized carbons (Fsp3) is 0.714. The van der Waals surface area contributed by atoms with Gasteiger partial charge in [0.15, 0.2) is 5.69 Å². The van der Waals surface area contributed by atoms with E-state index in [1.54, 1.807) is 6.07 Å². The zero-order chi connectivity index (χ0) is 12.3. The van der Waals surface area contributed by atoms with Gasteiger partial charge >= 0.3 is 5.97 Å². The van der Waals surface area contributed by atoms with Crippen LogP contribution < -0.4 is 0 Å². The maximum Gasteiger partial charge on any atom is 0.358 e. The van der Waals surface area contributed by atoms with E-state index in [1.807, 2.05) is 0 Å². The lowest BCUT2D eigenvalue weighted by Gasteiger charge is -2.55. The molecule has 18 heavy (non-hydrogen) atoms. The maximum atomic E-state index is 10.9. The molecule has 4 saturated carbocycles. The van der Waals surface area contributed by atoms with E-state index in [2.05, 4.69) is 5.16 Å². The minimum Gasteiger partial charge on any atom is -0.476 e. The van der Waals surface area contributed by atoms with Gasteiger partial charge in [-0.2, -0.15) is 0 Å². The third-order valence-corrected chi connectivity index (χ3v) is 5.29. The lowest BCUT2D eigenvalue weighted by atomic mass is 9.49. The Labute approximate surface area is 105 Å². The van der Waals surface area contributed by atoms with Crippen LogP contribution in [0.4, 0.5) is 0 Å². The van der Waals surface area contributed by atoms with E-state index < -0.39 is 5.97 Å². The summed E-state index contributed by atoms with van der Waals surface area (Å²) in [6.45, 7) is 0. The van der Waals surface area contributed by atoms with Crippen LogP contribution >= 0.6 is 0 Å². The molecule has 0 aromatic carbocycles. The molecule has 96 valence electrons. The third-order valence-electron chi connectivity index (χ3n) is 5.29. The van der Waals surface area contributed by atoms with Crippen LogP contribution in [0.1, 0.15) is 54.8 Å². The molecule has 4 fully saturated rings. The Morgan fingerprint density at radius 2 is 1.78 bits per heavy atom. The first kappa shape index (κ1) is 10.6. The molecule has 4 bridgehead atoms. The minimum atomic E-state index is -0.991. The van der Waals surface area contributed by atoms with Crippen molar-refractivity contribution in [3.05, 3.63) is 17.5 Å². The second-order valence-corrected chi connectivity index (χ2v) is 6.58. The summed E-state index contributed by atoms with van der Waals surface area (Å²) in [5.74, 6) is 2.33. The predicted octanol–water partition coefficient (Wildman–Crippen LogP) is 2.84. The summed E-state index contributed by atoms with van der Waals surface area (Å²) < 4.78 is 5.38. The fourth-order valence-electron chi connectivity index (χ4n) is 5.04. The van der Waals surface area contributed by atoms with Crippen molar-refractivity contribution >= 4 is 5.97 Å². The number of nitrogens with zero attached hydrogens (tertiary/aromatic N) is 1. The number of hydrogen-bond donors (Lipinski definition) is 1. The zero-order valence-corrected chi connectivity index (χ0v) is 10.3. The number of aromatic nitrogens is 1. The van der Waals surface area contributed by atoms with Crippen LogP contribution in [0.15, 0.2) is 10.6 Å². The van der Waals surface area contributed by atoms with Gasteiger partial charge in [0.1, 0.15) is 5.76 Å². The van der Waals surface area contributed by atoms with E-state index in [-0.39, 0.29) is 11.1 Å². The number of aromatic carboxylic acids is 1. The number of carboxylic acid groups (broad SMARTS) is 1. The second-order valence-electron chi connectivity index (χ2n) is 6.58. The van der Waals surface area contributed by atoms with Crippen LogP contribution in [0.2, 0.25) is 0 Å². The molecule has 4 nitrogen and oxygen atoms in total.